The van der Waals surface area contributed by atoms with Gasteiger partial charge < -0.3 is 20.8 Å². The Balaban J connectivity index is 0.000000360. The number of aliphatic hydroxyl groups excluding tert-OH is 2. The third-order valence-corrected chi connectivity index (χ3v) is 5.43. The first-order chi connectivity index (χ1) is 17.4. The van der Waals surface area contributed by atoms with Crippen LogP contribution in [0.25, 0.3) is 0 Å². The molecule has 200 valence electrons. The molecular formula is C28H44N4O4. The van der Waals surface area contributed by atoms with Gasteiger partial charge in [0.05, 0.1) is 11.4 Å². The zero-order valence-corrected chi connectivity index (χ0v) is 22.4. The minimum atomic E-state index is -0.218. The molecule has 0 spiro atoms. The summed E-state index contributed by atoms with van der Waals surface area (Å²) < 4.78 is 0. The van der Waals surface area contributed by atoms with Gasteiger partial charge in [0.15, 0.2) is 0 Å². The molecule has 36 heavy (non-hydrogen) atoms. The molecule has 0 radical (unpaired) electrons. The smallest absolute Gasteiger partial charge is 0.207 e. The summed E-state index contributed by atoms with van der Waals surface area (Å²) in [6.07, 6.45) is 14.0. The maximum atomic E-state index is 11.6. The molecule has 0 atom stereocenters. The van der Waals surface area contributed by atoms with Crippen LogP contribution < -0.4 is 10.6 Å². The van der Waals surface area contributed by atoms with E-state index in [0.717, 1.165) is 64.5 Å². The lowest BCUT2D eigenvalue weighted by molar-refractivity contribution is -0.109. The van der Waals surface area contributed by atoms with Crippen LogP contribution in [0.5, 0.6) is 0 Å². The van der Waals surface area contributed by atoms with Crippen molar-refractivity contribution in [2.45, 2.75) is 79.1 Å². The van der Waals surface area contributed by atoms with Gasteiger partial charge in [-0.15, -0.1) is 0 Å². The zero-order chi connectivity index (χ0) is 26.8. The van der Waals surface area contributed by atoms with Crippen molar-refractivity contribution in [3.63, 3.8) is 0 Å². The van der Waals surface area contributed by atoms with Crippen LogP contribution in [0.15, 0.2) is 57.2 Å². The van der Waals surface area contributed by atoms with E-state index in [1.54, 1.807) is 12.2 Å². The molecule has 4 N–H and O–H groups in total. The van der Waals surface area contributed by atoms with E-state index < -0.39 is 0 Å². The van der Waals surface area contributed by atoms with E-state index in [0.29, 0.717) is 35.9 Å². The van der Waals surface area contributed by atoms with Crippen molar-refractivity contribution in [2.75, 3.05) is 26.2 Å². The number of nitrogens with one attached hydrogen (secondary N) is 2. The third kappa shape index (κ3) is 11.5. The number of carbonyl (C=O) groups excluding carboxylic acids is 2. The molecule has 0 aromatic rings. The molecule has 2 aliphatic carbocycles. The van der Waals surface area contributed by atoms with E-state index in [9.17, 15) is 19.8 Å². The minimum Gasteiger partial charge on any atom is -0.506 e. The lowest BCUT2D eigenvalue weighted by Gasteiger charge is -2.14. The van der Waals surface area contributed by atoms with Gasteiger partial charge >= 0.3 is 0 Å². The molecule has 0 saturated heterocycles. The van der Waals surface area contributed by atoms with Gasteiger partial charge in [0.1, 0.15) is 22.9 Å². The van der Waals surface area contributed by atoms with Crippen LogP contribution in [0.3, 0.4) is 0 Å². The van der Waals surface area contributed by atoms with Crippen LogP contribution in [0.1, 0.15) is 79.1 Å². The van der Waals surface area contributed by atoms with E-state index >= 15 is 0 Å². The Kier molecular flexibility index (Phi) is 15.6. The van der Waals surface area contributed by atoms with Crippen molar-refractivity contribution in [1.29, 1.82) is 0 Å². The molecule has 2 rings (SSSR count). The Bertz CT molecular complexity index is 837. The summed E-state index contributed by atoms with van der Waals surface area (Å²) in [4.78, 5) is 31.8. The molecule has 0 amide bonds. The van der Waals surface area contributed by atoms with Gasteiger partial charge in [-0.05, 0) is 37.8 Å². The largest absolute Gasteiger partial charge is 0.506 e. The van der Waals surface area contributed by atoms with Gasteiger partial charge in [-0.2, -0.15) is 0 Å². The van der Waals surface area contributed by atoms with Crippen molar-refractivity contribution in [3.05, 3.63) is 47.2 Å². The van der Waals surface area contributed by atoms with E-state index in [1.807, 2.05) is 0 Å². The number of ketones is 2. The number of rotatable bonds is 14. The Labute approximate surface area is 216 Å². The lowest BCUT2D eigenvalue weighted by Crippen LogP contribution is -2.24. The Morgan fingerprint density at radius 1 is 0.611 bits per heavy atom. The zero-order valence-electron chi connectivity index (χ0n) is 22.4. The summed E-state index contributed by atoms with van der Waals surface area (Å²) in [6, 6.07) is 0. The molecule has 0 saturated carbocycles. The average Bonchev–Trinajstić information content (AvgIpc) is 2.85. The predicted molar refractivity (Wildman–Crippen MR) is 148 cm³/mol. The van der Waals surface area contributed by atoms with Gasteiger partial charge in [0.2, 0.25) is 11.6 Å². The molecule has 8 nitrogen and oxygen atoms in total. The summed E-state index contributed by atoms with van der Waals surface area (Å²) in [7, 11) is 0. The highest BCUT2D eigenvalue weighted by Gasteiger charge is 2.18. The monoisotopic (exact) mass is 500 g/mol. The molecule has 0 fully saturated rings. The third-order valence-electron chi connectivity index (χ3n) is 5.43. The number of aliphatic imine (C=N–C) groups is 2. The topological polar surface area (TPSA) is 123 Å². The summed E-state index contributed by atoms with van der Waals surface area (Å²) >= 11 is 0. The number of hydrogen-bond donors (Lipinski definition) is 4. The number of allylic oxidation sites excluding steroid dienone is 4. The number of hydrogen-bond acceptors (Lipinski definition) is 8. The lowest BCUT2D eigenvalue weighted by atomic mass is 10.1. The summed E-state index contributed by atoms with van der Waals surface area (Å²) in [5.74, 6) is -0.426. The van der Waals surface area contributed by atoms with Crippen LogP contribution in [0.2, 0.25) is 0 Å². The van der Waals surface area contributed by atoms with Crippen molar-refractivity contribution in [3.8, 4) is 0 Å². The molecule has 0 aliphatic heterocycles. The van der Waals surface area contributed by atoms with Crippen LogP contribution in [-0.2, 0) is 9.59 Å². The fourth-order valence-corrected chi connectivity index (χ4v) is 3.16. The number of carbonyl (C=O) groups is 2. The van der Waals surface area contributed by atoms with Gasteiger partial charge in [-0.25, -0.2) is 0 Å². The maximum Gasteiger partial charge on any atom is 0.207 e. The van der Waals surface area contributed by atoms with Crippen LogP contribution in [0, 0.1) is 0 Å². The second-order valence-electron chi connectivity index (χ2n) is 8.71. The van der Waals surface area contributed by atoms with E-state index in [-0.39, 0.29) is 23.1 Å². The van der Waals surface area contributed by atoms with Gasteiger partial charge in [0.25, 0.3) is 0 Å². The van der Waals surface area contributed by atoms with Gasteiger partial charge in [-0.1, -0.05) is 53.4 Å². The van der Waals surface area contributed by atoms with Crippen molar-refractivity contribution >= 4 is 23.0 Å². The van der Waals surface area contributed by atoms with Crippen molar-refractivity contribution in [1.82, 2.24) is 10.6 Å². The fraction of sp³-hybridized carbons (Fsp3) is 0.571. The van der Waals surface area contributed by atoms with Crippen molar-refractivity contribution < 1.29 is 19.8 Å². The van der Waals surface area contributed by atoms with Crippen LogP contribution >= 0.6 is 0 Å². The summed E-state index contributed by atoms with van der Waals surface area (Å²) in [6.45, 7) is 11.3. The van der Waals surface area contributed by atoms with Gasteiger partial charge in [-0.3, -0.25) is 19.6 Å². The fourth-order valence-electron chi connectivity index (χ4n) is 3.16. The van der Waals surface area contributed by atoms with E-state index in [2.05, 4.69) is 48.3 Å². The molecule has 8 heteroatoms. The second-order valence-corrected chi connectivity index (χ2v) is 8.71. The molecule has 0 heterocycles. The Morgan fingerprint density at radius 2 is 0.972 bits per heavy atom. The number of aliphatic hydroxyl groups is 2. The quantitative estimate of drug-likeness (QED) is 0.195. The highest BCUT2D eigenvalue weighted by Crippen LogP contribution is 2.12. The van der Waals surface area contributed by atoms with Crippen molar-refractivity contribution in [2.24, 2.45) is 9.98 Å². The minimum absolute atomic E-state index is 0.00513. The Hall–Kier alpha value is -3.16. The van der Waals surface area contributed by atoms with E-state index in [1.165, 1.54) is 12.2 Å². The first-order valence-electron chi connectivity index (χ1n) is 13.3. The van der Waals surface area contributed by atoms with Gasteiger partial charge in [0, 0.05) is 38.3 Å². The SMILES string of the molecule is CCCCN=C1C=C(NCCCC)C(O)=CC1=O.CCCCN=C1C=C(NCCCC)C(O)=CC1=O. The van der Waals surface area contributed by atoms with Crippen LogP contribution in [0.4, 0.5) is 0 Å². The maximum absolute atomic E-state index is 11.6. The number of unbranched alkanes of at least 4 members (excludes halogenated alkanes) is 4. The molecular weight excluding hydrogens is 456 g/mol. The van der Waals surface area contributed by atoms with E-state index in [4.69, 9.17) is 0 Å². The highest BCUT2D eigenvalue weighted by molar-refractivity contribution is 6.49. The first kappa shape index (κ1) is 30.9. The number of nitrogens with zero attached hydrogens (tertiary/aromatic N) is 2. The molecule has 0 aromatic heterocycles. The summed E-state index contributed by atoms with van der Waals surface area (Å²) in [5.41, 5.74) is 2.05. The standard InChI is InChI=1S/2C14H22N2O2/c2*1-3-5-7-15-11-9-12(16-8-6-4-2)14(18)10-13(11)17/h2*9-10,15,17H,3-8H2,1-2H3. The molecule has 0 bridgehead atoms. The second kappa shape index (κ2) is 18.2. The average molecular weight is 501 g/mol. The Morgan fingerprint density at radius 3 is 1.31 bits per heavy atom. The summed E-state index contributed by atoms with van der Waals surface area (Å²) in [5, 5.41) is 25.6. The highest BCUT2D eigenvalue weighted by atomic mass is 16.3. The first-order valence-corrected chi connectivity index (χ1v) is 13.3. The predicted octanol–water partition coefficient (Wildman–Crippen LogP) is 5.05. The molecule has 2 aliphatic rings. The van der Waals surface area contributed by atoms with Crippen LogP contribution in [-0.4, -0.2) is 59.4 Å². The molecule has 0 unspecified atom stereocenters. The normalized spacial score (nSPS) is 17.7. The molecule has 0 aromatic carbocycles.